The van der Waals surface area contributed by atoms with Gasteiger partial charge in [0.1, 0.15) is 6.04 Å². The smallest absolute Gasteiger partial charge is 0.297 e. The molecule has 2 unspecified atom stereocenters. The van der Waals surface area contributed by atoms with Crippen molar-refractivity contribution >= 4 is 38.2 Å². The number of thioether (sulfide) groups is 1. The van der Waals surface area contributed by atoms with Gasteiger partial charge in [-0.1, -0.05) is 11.8 Å². The highest BCUT2D eigenvalue weighted by atomic mass is 32.2. The molecule has 0 aromatic heterocycles. The fourth-order valence-electron chi connectivity index (χ4n) is 1.36. The standard InChI is InChI=1S/C8H13N2O3PS/c1-9-7(12)5(10(14)8(9)13)3-4-6(11)15-2/h5H,3-4,14H2,1-2H3. The van der Waals surface area contributed by atoms with Crippen LogP contribution in [-0.2, 0) is 9.59 Å². The summed E-state index contributed by atoms with van der Waals surface area (Å²) in [6, 6.07) is -0.852. The van der Waals surface area contributed by atoms with E-state index < -0.39 is 6.04 Å². The van der Waals surface area contributed by atoms with E-state index in [4.69, 9.17) is 0 Å². The number of urea groups is 1. The molecule has 1 fully saturated rings. The summed E-state index contributed by atoms with van der Waals surface area (Å²) >= 11 is 1.14. The van der Waals surface area contributed by atoms with Gasteiger partial charge in [0.05, 0.1) is 0 Å². The molecule has 0 spiro atoms. The number of hydrogen-bond acceptors (Lipinski definition) is 4. The Kier molecular flexibility index (Phi) is 4.11. The van der Waals surface area contributed by atoms with Crippen LogP contribution in [0.3, 0.4) is 0 Å². The van der Waals surface area contributed by atoms with Crippen LogP contribution in [0, 0.1) is 0 Å². The summed E-state index contributed by atoms with van der Waals surface area (Å²) in [5.41, 5.74) is 0. The lowest BCUT2D eigenvalue weighted by molar-refractivity contribution is -0.127. The summed E-state index contributed by atoms with van der Waals surface area (Å²) in [6.45, 7) is 0. The molecule has 5 nitrogen and oxygen atoms in total. The van der Waals surface area contributed by atoms with Crippen molar-refractivity contribution in [3.8, 4) is 0 Å². The van der Waals surface area contributed by atoms with Gasteiger partial charge in [-0.25, -0.2) is 4.79 Å². The van der Waals surface area contributed by atoms with Crippen LogP contribution in [0.4, 0.5) is 4.79 Å². The van der Waals surface area contributed by atoms with Crippen LogP contribution in [0.5, 0.6) is 0 Å². The number of amides is 3. The zero-order valence-electron chi connectivity index (χ0n) is 8.60. The van der Waals surface area contributed by atoms with E-state index in [1.807, 2.05) is 0 Å². The molecule has 0 N–H and O–H groups in total. The molecule has 0 bridgehead atoms. The van der Waals surface area contributed by atoms with Gasteiger partial charge >= 0.3 is 6.03 Å². The molecule has 0 aliphatic carbocycles. The van der Waals surface area contributed by atoms with Gasteiger partial charge in [-0.15, -0.1) is 0 Å². The Morgan fingerprint density at radius 3 is 2.53 bits per heavy atom. The Morgan fingerprint density at radius 2 is 2.13 bits per heavy atom. The van der Waals surface area contributed by atoms with Crippen molar-refractivity contribution in [2.45, 2.75) is 18.9 Å². The second kappa shape index (κ2) is 4.94. The highest BCUT2D eigenvalue weighted by Crippen LogP contribution is 2.24. The van der Waals surface area contributed by atoms with E-state index in [1.54, 1.807) is 6.26 Å². The molecular weight excluding hydrogens is 235 g/mol. The van der Waals surface area contributed by atoms with Crippen molar-refractivity contribution in [3.63, 3.8) is 0 Å². The first kappa shape index (κ1) is 12.5. The number of carbonyl (C=O) groups is 3. The summed E-state index contributed by atoms with van der Waals surface area (Å²) in [5, 5.41) is 0.0307. The summed E-state index contributed by atoms with van der Waals surface area (Å²) in [6.07, 6.45) is 2.40. The van der Waals surface area contributed by atoms with Crippen molar-refractivity contribution in [2.75, 3.05) is 13.3 Å². The van der Waals surface area contributed by atoms with Gasteiger partial charge in [0.15, 0.2) is 5.12 Å². The van der Waals surface area contributed by atoms with Gasteiger partial charge in [-0.2, -0.15) is 0 Å². The number of nitrogens with zero attached hydrogens (tertiary/aromatic N) is 2. The number of hydrogen-bond donors (Lipinski definition) is 0. The normalized spacial score (nSPS) is 21.4. The van der Waals surface area contributed by atoms with Crippen LogP contribution in [0.25, 0.3) is 0 Å². The SMILES string of the molecule is CSC(=O)CCC1C(=O)N(C)C(=O)N1P. The molecule has 1 aliphatic heterocycles. The zero-order chi connectivity index (χ0) is 11.6. The largest absolute Gasteiger partial charge is 0.330 e. The van der Waals surface area contributed by atoms with Gasteiger partial charge in [-0.3, -0.25) is 19.2 Å². The average Bonchev–Trinajstić information content (AvgIpc) is 2.41. The van der Waals surface area contributed by atoms with Gasteiger partial charge in [0, 0.05) is 13.5 Å². The van der Waals surface area contributed by atoms with Crippen LogP contribution < -0.4 is 0 Å². The molecule has 1 heterocycles. The lowest BCUT2D eigenvalue weighted by atomic mass is 10.1. The first-order valence-corrected chi connectivity index (χ1v) is 6.15. The monoisotopic (exact) mass is 248 g/mol. The summed E-state index contributed by atoms with van der Waals surface area (Å²) in [4.78, 5) is 35.1. The fraction of sp³-hybridized carbons (Fsp3) is 0.625. The molecular formula is C8H13N2O3PS. The van der Waals surface area contributed by atoms with E-state index in [-0.39, 0.29) is 17.1 Å². The quantitative estimate of drug-likeness (QED) is 0.545. The summed E-state index contributed by atoms with van der Waals surface area (Å²) in [5.74, 6) is -0.246. The summed E-state index contributed by atoms with van der Waals surface area (Å²) in [7, 11) is 3.67. The van der Waals surface area contributed by atoms with Crippen LogP contribution in [-0.4, -0.2) is 46.0 Å². The van der Waals surface area contributed by atoms with Crippen molar-refractivity contribution in [1.29, 1.82) is 0 Å². The molecule has 7 heteroatoms. The molecule has 15 heavy (non-hydrogen) atoms. The van der Waals surface area contributed by atoms with E-state index in [2.05, 4.69) is 9.39 Å². The number of rotatable bonds is 3. The topological polar surface area (TPSA) is 57.7 Å². The molecule has 84 valence electrons. The maximum atomic E-state index is 11.6. The molecule has 2 atom stereocenters. The minimum Gasteiger partial charge on any atom is -0.297 e. The molecule has 1 rings (SSSR count). The first-order valence-electron chi connectivity index (χ1n) is 4.41. The second-order valence-corrected chi connectivity index (χ2v) is 4.64. The Morgan fingerprint density at radius 1 is 1.53 bits per heavy atom. The minimum atomic E-state index is -0.511. The zero-order valence-corrected chi connectivity index (χ0v) is 10.6. The van der Waals surface area contributed by atoms with Crippen molar-refractivity contribution in [1.82, 2.24) is 9.57 Å². The first-order chi connectivity index (χ1) is 6.99. The van der Waals surface area contributed by atoms with Crippen LogP contribution >= 0.6 is 21.2 Å². The lowest BCUT2D eigenvalue weighted by Crippen LogP contribution is -2.28. The average molecular weight is 248 g/mol. The van der Waals surface area contributed by atoms with Crippen molar-refractivity contribution in [3.05, 3.63) is 0 Å². The van der Waals surface area contributed by atoms with Crippen molar-refractivity contribution < 1.29 is 14.4 Å². The predicted molar refractivity (Wildman–Crippen MR) is 61.3 cm³/mol. The Balaban J connectivity index is 2.59. The molecule has 1 saturated heterocycles. The Bertz CT molecular complexity index is 310. The third-order valence-corrected chi connectivity index (χ3v) is 3.55. The van der Waals surface area contributed by atoms with Crippen molar-refractivity contribution in [2.24, 2.45) is 0 Å². The highest BCUT2D eigenvalue weighted by molar-refractivity contribution is 8.13. The number of likely N-dealkylation sites (N-methyl/N-ethyl adjacent to an activating group) is 1. The Hall–Kier alpha value is -0.610. The van der Waals surface area contributed by atoms with E-state index in [0.717, 1.165) is 16.7 Å². The Labute approximate surface area is 94.8 Å². The third-order valence-electron chi connectivity index (χ3n) is 2.31. The molecule has 1 aliphatic rings. The van der Waals surface area contributed by atoms with E-state index in [0.29, 0.717) is 12.8 Å². The van der Waals surface area contributed by atoms with Crippen LogP contribution in [0.15, 0.2) is 0 Å². The molecule has 0 radical (unpaired) electrons. The predicted octanol–water partition coefficient (Wildman–Crippen LogP) is 0.709. The van der Waals surface area contributed by atoms with Gasteiger partial charge in [0.2, 0.25) is 0 Å². The minimum absolute atomic E-state index is 0.0307. The maximum absolute atomic E-state index is 11.6. The molecule has 0 saturated carbocycles. The van der Waals surface area contributed by atoms with Gasteiger partial charge < -0.3 is 0 Å². The summed E-state index contributed by atoms with van der Waals surface area (Å²) < 4.78 is 1.30. The van der Waals surface area contributed by atoms with Crippen LogP contribution in [0.1, 0.15) is 12.8 Å². The van der Waals surface area contributed by atoms with Crippen LogP contribution in [0.2, 0.25) is 0 Å². The molecule has 0 aromatic rings. The highest BCUT2D eigenvalue weighted by Gasteiger charge is 2.40. The maximum Gasteiger partial charge on any atom is 0.330 e. The number of imide groups is 1. The van der Waals surface area contributed by atoms with Gasteiger partial charge in [-0.05, 0) is 22.1 Å². The number of carbonyl (C=O) groups excluding carboxylic acids is 3. The van der Waals surface area contributed by atoms with E-state index in [9.17, 15) is 14.4 Å². The fourth-order valence-corrected chi connectivity index (χ4v) is 2.13. The second-order valence-electron chi connectivity index (χ2n) is 3.22. The van der Waals surface area contributed by atoms with Gasteiger partial charge in [0.25, 0.3) is 5.91 Å². The van der Waals surface area contributed by atoms with E-state index in [1.165, 1.54) is 11.7 Å². The lowest BCUT2D eigenvalue weighted by Gasteiger charge is -2.14. The molecule has 0 aromatic carbocycles. The molecule has 3 amide bonds. The van der Waals surface area contributed by atoms with E-state index >= 15 is 0 Å². The third kappa shape index (κ3) is 2.49.